The van der Waals surface area contributed by atoms with Gasteiger partial charge in [-0.3, -0.25) is 4.79 Å². The number of hydrogen-bond donors (Lipinski definition) is 1. The quantitative estimate of drug-likeness (QED) is 0.885. The third kappa shape index (κ3) is 3.94. The van der Waals surface area contributed by atoms with Crippen LogP contribution >= 0.6 is 0 Å². The summed E-state index contributed by atoms with van der Waals surface area (Å²) in [6, 6.07) is 4.37. The van der Waals surface area contributed by atoms with E-state index in [9.17, 15) is 4.79 Å². The van der Waals surface area contributed by atoms with Gasteiger partial charge in [0.1, 0.15) is 5.78 Å². The van der Waals surface area contributed by atoms with Gasteiger partial charge in [-0.05, 0) is 57.4 Å². The Balaban J connectivity index is 2.08. The highest BCUT2D eigenvalue weighted by molar-refractivity contribution is 5.82. The first-order valence-electron chi connectivity index (χ1n) is 8.23. The first-order chi connectivity index (χ1) is 9.96. The van der Waals surface area contributed by atoms with Crippen molar-refractivity contribution in [3.8, 4) is 0 Å². The van der Waals surface area contributed by atoms with Crippen LogP contribution in [0.15, 0.2) is 12.1 Å². The lowest BCUT2D eigenvalue weighted by Gasteiger charge is -2.36. The molecule has 1 aliphatic rings. The lowest BCUT2D eigenvalue weighted by molar-refractivity contribution is -0.120. The lowest BCUT2D eigenvalue weighted by atomic mass is 9.77. The van der Waals surface area contributed by atoms with Gasteiger partial charge in [0.25, 0.3) is 0 Å². The van der Waals surface area contributed by atoms with Crippen LogP contribution in [0, 0.1) is 20.8 Å². The van der Waals surface area contributed by atoms with Crippen molar-refractivity contribution in [3.05, 3.63) is 34.4 Å². The molecule has 0 spiro atoms. The smallest absolute Gasteiger partial charge is 0.139 e. The van der Waals surface area contributed by atoms with Gasteiger partial charge in [-0.1, -0.05) is 37.0 Å². The monoisotopic (exact) mass is 287 g/mol. The van der Waals surface area contributed by atoms with Crippen LogP contribution < -0.4 is 5.32 Å². The Morgan fingerprint density at radius 1 is 1.10 bits per heavy atom. The summed E-state index contributed by atoms with van der Waals surface area (Å²) >= 11 is 0. The molecule has 0 aliphatic heterocycles. The van der Waals surface area contributed by atoms with Gasteiger partial charge in [0.2, 0.25) is 0 Å². The van der Waals surface area contributed by atoms with Crippen LogP contribution in [0.1, 0.15) is 60.8 Å². The van der Waals surface area contributed by atoms with E-state index in [1.807, 2.05) is 7.05 Å². The summed E-state index contributed by atoms with van der Waals surface area (Å²) in [4.78, 5) is 12.6. The molecule has 1 aliphatic carbocycles. The number of carbonyl (C=O) groups is 1. The molecule has 0 aromatic heterocycles. The third-order valence-corrected chi connectivity index (χ3v) is 5.09. The van der Waals surface area contributed by atoms with Crippen molar-refractivity contribution in [3.63, 3.8) is 0 Å². The maximum Gasteiger partial charge on any atom is 0.139 e. The zero-order chi connectivity index (χ0) is 15.5. The number of carbonyl (C=O) groups excluding carboxylic acids is 1. The minimum absolute atomic E-state index is 0.0574. The summed E-state index contributed by atoms with van der Waals surface area (Å²) in [6.07, 6.45) is 7.35. The molecule has 0 amide bonds. The van der Waals surface area contributed by atoms with Crippen molar-refractivity contribution in [2.75, 3.05) is 7.05 Å². The van der Waals surface area contributed by atoms with Crippen LogP contribution in [-0.4, -0.2) is 18.4 Å². The number of ketones is 1. The molecular weight excluding hydrogens is 258 g/mol. The molecule has 1 fully saturated rings. The van der Waals surface area contributed by atoms with E-state index in [1.54, 1.807) is 0 Å². The van der Waals surface area contributed by atoms with E-state index >= 15 is 0 Å². The fourth-order valence-electron chi connectivity index (χ4n) is 3.87. The van der Waals surface area contributed by atoms with Crippen molar-refractivity contribution >= 4 is 5.78 Å². The number of hydrogen-bond acceptors (Lipinski definition) is 2. The van der Waals surface area contributed by atoms with Gasteiger partial charge in [-0.25, -0.2) is 0 Å². The van der Waals surface area contributed by atoms with Crippen LogP contribution in [-0.2, 0) is 11.2 Å². The van der Waals surface area contributed by atoms with Crippen molar-refractivity contribution in [2.24, 2.45) is 0 Å². The summed E-state index contributed by atoms with van der Waals surface area (Å²) in [5.41, 5.74) is 5.07. The Labute approximate surface area is 129 Å². The summed E-state index contributed by atoms with van der Waals surface area (Å²) in [5, 5.41) is 3.45. The Bertz CT molecular complexity index is 489. The number of benzene rings is 1. The highest BCUT2D eigenvalue weighted by Crippen LogP contribution is 2.31. The molecule has 0 atom stereocenters. The minimum atomic E-state index is 0.0574. The van der Waals surface area contributed by atoms with Crippen LogP contribution in [0.5, 0.6) is 0 Å². The van der Waals surface area contributed by atoms with E-state index in [1.165, 1.54) is 41.5 Å². The molecule has 2 heteroatoms. The topological polar surface area (TPSA) is 29.1 Å². The lowest BCUT2D eigenvalue weighted by Crippen LogP contribution is -2.46. The van der Waals surface area contributed by atoms with Gasteiger partial charge in [0, 0.05) is 18.4 Å². The van der Waals surface area contributed by atoms with Gasteiger partial charge in [0.05, 0.1) is 0 Å². The van der Waals surface area contributed by atoms with E-state index in [2.05, 4.69) is 38.2 Å². The minimum Gasteiger partial charge on any atom is -0.314 e. The predicted octanol–water partition coefficient (Wildman–Crippen LogP) is 4.04. The molecule has 0 saturated heterocycles. The maximum atomic E-state index is 12.6. The highest BCUT2D eigenvalue weighted by Gasteiger charge is 2.32. The Hall–Kier alpha value is -1.15. The number of rotatable bonds is 5. The first kappa shape index (κ1) is 16.2. The van der Waals surface area contributed by atoms with Gasteiger partial charge >= 0.3 is 0 Å². The van der Waals surface area contributed by atoms with E-state index in [0.29, 0.717) is 18.6 Å². The van der Waals surface area contributed by atoms with E-state index in [-0.39, 0.29) is 5.54 Å². The van der Waals surface area contributed by atoms with Crippen LogP contribution in [0.2, 0.25) is 0 Å². The zero-order valence-electron chi connectivity index (χ0n) is 14.0. The number of aryl methyl sites for hydroxylation is 3. The predicted molar refractivity (Wildman–Crippen MR) is 88.9 cm³/mol. The molecule has 21 heavy (non-hydrogen) atoms. The van der Waals surface area contributed by atoms with E-state index in [4.69, 9.17) is 0 Å². The first-order valence-corrected chi connectivity index (χ1v) is 8.23. The number of nitrogens with one attached hydrogen (secondary N) is 1. The van der Waals surface area contributed by atoms with E-state index in [0.717, 1.165) is 12.8 Å². The second-order valence-corrected chi connectivity index (χ2v) is 6.86. The van der Waals surface area contributed by atoms with Gasteiger partial charge in [-0.15, -0.1) is 0 Å². The Kier molecular flexibility index (Phi) is 5.21. The standard InChI is InChI=1S/C19H29NO/c1-14-10-15(2)18(16(3)11-14)12-17(21)13-19(20-4)8-6-5-7-9-19/h10-11,20H,5-9,12-13H2,1-4H3. The van der Waals surface area contributed by atoms with Crippen LogP contribution in [0.4, 0.5) is 0 Å². The van der Waals surface area contributed by atoms with E-state index < -0.39 is 0 Å². The second kappa shape index (κ2) is 6.74. The molecule has 116 valence electrons. The van der Waals surface area contributed by atoms with Crippen molar-refractivity contribution < 1.29 is 4.79 Å². The Morgan fingerprint density at radius 2 is 1.67 bits per heavy atom. The summed E-state index contributed by atoms with van der Waals surface area (Å²) < 4.78 is 0. The van der Waals surface area contributed by atoms with Gasteiger partial charge in [0.15, 0.2) is 0 Å². The zero-order valence-corrected chi connectivity index (χ0v) is 14.0. The number of Topliss-reactive ketones (excluding diaryl/α,β-unsaturated/α-hetero) is 1. The molecule has 0 heterocycles. The molecule has 0 bridgehead atoms. The summed E-state index contributed by atoms with van der Waals surface area (Å²) in [5.74, 6) is 0.376. The SMILES string of the molecule is CNC1(CC(=O)Cc2c(C)cc(C)cc2C)CCCCC1. The van der Waals surface area contributed by atoms with Crippen LogP contribution in [0.25, 0.3) is 0 Å². The van der Waals surface area contributed by atoms with Gasteiger partial charge in [-0.2, -0.15) is 0 Å². The van der Waals surface area contributed by atoms with Gasteiger partial charge < -0.3 is 5.32 Å². The second-order valence-electron chi connectivity index (χ2n) is 6.86. The maximum absolute atomic E-state index is 12.6. The van der Waals surface area contributed by atoms with Crippen LogP contribution in [0.3, 0.4) is 0 Å². The fourth-order valence-corrected chi connectivity index (χ4v) is 3.87. The molecule has 1 aromatic carbocycles. The average molecular weight is 287 g/mol. The molecule has 2 nitrogen and oxygen atoms in total. The fraction of sp³-hybridized carbons (Fsp3) is 0.632. The largest absolute Gasteiger partial charge is 0.314 e. The van der Waals surface area contributed by atoms with Crippen molar-refractivity contribution in [1.82, 2.24) is 5.32 Å². The highest BCUT2D eigenvalue weighted by atomic mass is 16.1. The van der Waals surface area contributed by atoms with Crippen molar-refractivity contribution in [2.45, 2.75) is 71.3 Å². The molecule has 0 radical (unpaired) electrons. The molecule has 1 N–H and O–H groups in total. The van der Waals surface area contributed by atoms with Crippen molar-refractivity contribution in [1.29, 1.82) is 0 Å². The third-order valence-electron chi connectivity index (χ3n) is 5.09. The molecule has 1 saturated carbocycles. The molecule has 0 unspecified atom stereocenters. The summed E-state index contributed by atoms with van der Waals surface area (Å²) in [6.45, 7) is 6.36. The molecular formula is C19H29NO. The molecule has 1 aromatic rings. The average Bonchev–Trinajstić information content (AvgIpc) is 2.44. The summed E-state index contributed by atoms with van der Waals surface area (Å²) in [7, 11) is 2.01. The Morgan fingerprint density at radius 3 is 2.19 bits per heavy atom. The molecule has 2 rings (SSSR count). The normalized spacial score (nSPS) is 17.7.